The van der Waals surface area contributed by atoms with Gasteiger partial charge in [0.15, 0.2) is 0 Å². The van der Waals surface area contributed by atoms with Gasteiger partial charge in [-0.3, -0.25) is 4.79 Å². The molecule has 0 aliphatic heterocycles. The minimum absolute atomic E-state index is 0.0828. The molecule has 0 atom stereocenters. The number of nitrogen functional groups attached to an aromatic ring is 1. The molecule has 3 aromatic rings. The van der Waals surface area contributed by atoms with Gasteiger partial charge in [0.1, 0.15) is 5.01 Å². The number of anilines is 1. The third-order valence-corrected chi connectivity index (χ3v) is 5.21. The first kappa shape index (κ1) is 17.2. The molecule has 3 N–H and O–H groups in total. The lowest BCUT2D eigenvalue weighted by Gasteiger charge is -2.08. The van der Waals surface area contributed by atoms with Crippen LogP contribution in [0.4, 0.5) is 5.69 Å². The van der Waals surface area contributed by atoms with Crippen molar-refractivity contribution in [1.82, 2.24) is 10.3 Å². The van der Waals surface area contributed by atoms with Crippen molar-refractivity contribution < 1.29 is 4.79 Å². The molecule has 1 amide bonds. The number of hydrogen-bond acceptors (Lipinski definition) is 4. The fraction of sp³-hybridized carbons (Fsp3) is 0.200. The van der Waals surface area contributed by atoms with Crippen LogP contribution in [0, 0.1) is 13.8 Å². The van der Waals surface area contributed by atoms with Crippen LogP contribution in [0.15, 0.2) is 41.8 Å². The van der Waals surface area contributed by atoms with E-state index in [0.717, 1.165) is 33.9 Å². The van der Waals surface area contributed by atoms with Crippen LogP contribution in [0.2, 0.25) is 0 Å². The minimum atomic E-state index is -0.0828. The Labute approximate surface area is 151 Å². The summed E-state index contributed by atoms with van der Waals surface area (Å²) in [5.74, 6) is -0.0828. The molecule has 4 nitrogen and oxygen atoms in total. The summed E-state index contributed by atoms with van der Waals surface area (Å²) < 4.78 is 0. The number of nitrogens with two attached hydrogens (primary N) is 1. The van der Waals surface area contributed by atoms with Crippen molar-refractivity contribution >= 4 is 22.9 Å². The fourth-order valence-corrected chi connectivity index (χ4v) is 3.54. The summed E-state index contributed by atoms with van der Waals surface area (Å²) in [6.45, 7) is 4.11. The largest absolute Gasteiger partial charge is 0.399 e. The number of nitrogens with one attached hydrogen (secondary N) is 1. The Morgan fingerprint density at radius 1 is 1.16 bits per heavy atom. The van der Waals surface area contributed by atoms with Crippen molar-refractivity contribution in [2.75, 3.05) is 12.8 Å². The lowest BCUT2D eigenvalue weighted by molar-refractivity contribution is 0.0963. The van der Waals surface area contributed by atoms with Crippen LogP contribution in [0.25, 0.3) is 10.6 Å². The van der Waals surface area contributed by atoms with Crippen LogP contribution in [0.1, 0.15) is 32.7 Å². The maximum atomic E-state index is 11.6. The van der Waals surface area contributed by atoms with E-state index in [9.17, 15) is 4.79 Å². The zero-order valence-corrected chi connectivity index (χ0v) is 15.4. The van der Waals surface area contributed by atoms with Crippen molar-refractivity contribution in [2.24, 2.45) is 0 Å². The molecule has 1 aromatic heterocycles. The van der Waals surface area contributed by atoms with Crippen molar-refractivity contribution in [3.63, 3.8) is 0 Å². The van der Waals surface area contributed by atoms with E-state index in [2.05, 4.69) is 23.7 Å². The molecule has 0 unspecified atom stereocenters. The van der Waals surface area contributed by atoms with Gasteiger partial charge < -0.3 is 11.1 Å². The Bertz CT molecular complexity index is 913. The van der Waals surface area contributed by atoms with E-state index in [1.807, 2.05) is 37.3 Å². The predicted octanol–water partition coefficient (Wildman–Crippen LogP) is 3.96. The van der Waals surface area contributed by atoms with E-state index in [1.165, 1.54) is 11.1 Å². The van der Waals surface area contributed by atoms with Crippen molar-refractivity contribution in [2.45, 2.75) is 20.3 Å². The number of carbonyl (C=O) groups is 1. The summed E-state index contributed by atoms with van der Waals surface area (Å²) in [5, 5.41) is 5.68. The maximum Gasteiger partial charge on any atom is 0.251 e. The first-order valence-electron chi connectivity index (χ1n) is 8.10. The van der Waals surface area contributed by atoms with Crippen LogP contribution in [0.5, 0.6) is 0 Å². The highest BCUT2D eigenvalue weighted by Crippen LogP contribution is 2.26. The van der Waals surface area contributed by atoms with Crippen LogP contribution in [-0.2, 0) is 6.42 Å². The second-order valence-electron chi connectivity index (χ2n) is 6.11. The zero-order valence-electron chi connectivity index (χ0n) is 14.6. The van der Waals surface area contributed by atoms with E-state index in [0.29, 0.717) is 5.56 Å². The molecule has 0 bridgehead atoms. The Morgan fingerprint density at radius 3 is 2.56 bits per heavy atom. The molecule has 0 aliphatic rings. The summed E-state index contributed by atoms with van der Waals surface area (Å²) in [7, 11) is 1.63. The van der Waals surface area contributed by atoms with Gasteiger partial charge in [0.2, 0.25) is 0 Å². The number of benzene rings is 2. The fourth-order valence-electron chi connectivity index (χ4n) is 2.71. The van der Waals surface area contributed by atoms with Gasteiger partial charge in [0.05, 0.1) is 5.69 Å². The summed E-state index contributed by atoms with van der Waals surface area (Å²) in [4.78, 5) is 16.4. The lowest BCUT2D eigenvalue weighted by Crippen LogP contribution is -2.17. The molecule has 0 spiro atoms. The first-order chi connectivity index (χ1) is 12.0. The number of hydrogen-bond donors (Lipinski definition) is 2. The molecule has 0 radical (unpaired) electrons. The smallest absolute Gasteiger partial charge is 0.251 e. The number of amides is 1. The zero-order chi connectivity index (χ0) is 18.0. The van der Waals surface area contributed by atoms with Gasteiger partial charge in [-0.25, -0.2) is 4.98 Å². The Morgan fingerprint density at radius 2 is 1.88 bits per heavy atom. The maximum absolute atomic E-state index is 11.6. The van der Waals surface area contributed by atoms with Gasteiger partial charge in [-0.05, 0) is 48.7 Å². The summed E-state index contributed by atoms with van der Waals surface area (Å²) in [6, 6.07) is 11.7. The third kappa shape index (κ3) is 3.72. The monoisotopic (exact) mass is 351 g/mol. The highest BCUT2D eigenvalue weighted by atomic mass is 32.1. The second kappa shape index (κ2) is 7.07. The Hall–Kier alpha value is -2.66. The molecular formula is C20H21N3OS. The average molecular weight is 351 g/mol. The number of aryl methyl sites for hydroxylation is 2. The standard InChI is InChI=1S/C20H21N3OS/c1-12-9-18(21)13(2)8-16(12)10-17-11-25-20(23-17)15-6-4-14(5-7-15)19(24)22-3/h4-9,11H,10,21H2,1-3H3,(H,22,24). The van der Waals surface area contributed by atoms with E-state index >= 15 is 0 Å². The van der Waals surface area contributed by atoms with E-state index in [-0.39, 0.29) is 5.91 Å². The molecule has 0 aliphatic carbocycles. The van der Waals surface area contributed by atoms with Gasteiger partial charge in [-0.15, -0.1) is 11.3 Å². The van der Waals surface area contributed by atoms with Crippen LogP contribution in [-0.4, -0.2) is 17.9 Å². The van der Waals surface area contributed by atoms with Gasteiger partial charge in [-0.1, -0.05) is 18.2 Å². The lowest BCUT2D eigenvalue weighted by atomic mass is 10.0. The van der Waals surface area contributed by atoms with Crippen LogP contribution in [0.3, 0.4) is 0 Å². The summed E-state index contributed by atoms with van der Waals surface area (Å²) >= 11 is 1.62. The normalized spacial score (nSPS) is 10.7. The SMILES string of the molecule is CNC(=O)c1ccc(-c2nc(Cc3cc(C)c(N)cc3C)cs2)cc1. The Kier molecular flexibility index (Phi) is 4.86. The van der Waals surface area contributed by atoms with E-state index < -0.39 is 0 Å². The third-order valence-electron chi connectivity index (χ3n) is 4.27. The highest BCUT2D eigenvalue weighted by molar-refractivity contribution is 7.13. The minimum Gasteiger partial charge on any atom is -0.399 e. The quantitative estimate of drug-likeness (QED) is 0.699. The summed E-state index contributed by atoms with van der Waals surface area (Å²) in [5.41, 5.74) is 13.0. The molecule has 128 valence electrons. The molecule has 1 heterocycles. The molecule has 0 fully saturated rings. The number of nitrogens with zero attached hydrogens (tertiary/aromatic N) is 1. The van der Waals surface area contributed by atoms with Crippen molar-refractivity contribution in [3.8, 4) is 10.6 Å². The number of rotatable bonds is 4. The predicted molar refractivity (Wildman–Crippen MR) is 104 cm³/mol. The molecule has 3 rings (SSSR count). The van der Waals surface area contributed by atoms with Gasteiger partial charge in [-0.2, -0.15) is 0 Å². The Balaban J connectivity index is 1.81. The van der Waals surface area contributed by atoms with Gasteiger partial charge in [0.25, 0.3) is 5.91 Å². The number of carbonyl (C=O) groups excluding carboxylic acids is 1. The topological polar surface area (TPSA) is 68.0 Å². The van der Waals surface area contributed by atoms with Crippen molar-refractivity contribution in [3.05, 3.63) is 69.7 Å². The van der Waals surface area contributed by atoms with Crippen LogP contribution >= 0.6 is 11.3 Å². The second-order valence-corrected chi connectivity index (χ2v) is 6.97. The number of thiazole rings is 1. The van der Waals surface area contributed by atoms with E-state index in [4.69, 9.17) is 10.7 Å². The van der Waals surface area contributed by atoms with Crippen molar-refractivity contribution in [1.29, 1.82) is 0 Å². The molecule has 0 saturated heterocycles. The molecule has 2 aromatic carbocycles. The highest BCUT2D eigenvalue weighted by Gasteiger charge is 2.09. The summed E-state index contributed by atoms with van der Waals surface area (Å²) in [6.07, 6.45) is 0.791. The first-order valence-corrected chi connectivity index (χ1v) is 8.98. The average Bonchev–Trinajstić information content (AvgIpc) is 3.07. The van der Waals surface area contributed by atoms with Crippen LogP contribution < -0.4 is 11.1 Å². The molecular weight excluding hydrogens is 330 g/mol. The number of aromatic nitrogens is 1. The van der Waals surface area contributed by atoms with E-state index in [1.54, 1.807) is 18.4 Å². The molecule has 5 heteroatoms. The van der Waals surface area contributed by atoms with Gasteiger partial charge >= 0.3 is 0 Å². The molecule has 25 heavy (non-hydrogen) atoms. The van der Waals surface area contributed by atoms with Gasteiger partial charge in [0, 0.05) is 35.7 Å². The molecule has 0 saturated carbocycles.